The number of carbonyl (C=O) groups excluding carboxylic acids is 1. The molecule has 0 amide bonds. The van der Waals surface area contributed by atoms with Gasteiger partial charge >= 0.3 is 5.97 Å². The summed E-state index contributed by atoms with van der Waals surface area (Å²) in [5.41, 5.74) is 5.05. The van der Waals surface area contributed by atoms with Crippen LogP contribution >= 0.6 is 22.6 Å². The van der Waals surface area contributed by atoms with Crippen molar-refractivity contribution in [1.82, 2.24) is 15.0 Å². The number of aromatic nitrogens is 3. The molecule has 5 rings (SSSR count). The maximum absolute atomic E-state index is 12.7. The average Bonchev–Trinajstić information content (AvgIpc) is 2.99. The van der Waals surface area contributed by atoms with Gasteiger partial charge in [-0.05, 0) is 96.8 Å². The maximum atomic E-state index is 12.7. The lowest BCUT2D eigenvalue weighted by Crippen LogP contribution is -2.31. The number of carbonyl (C=O) groups is 1. The van der Waals surface area contributed by atoms with Crippen LogP contribution in [0, 0.1) is 3.57 Å². The summed E-state index contributed by atoms with van der Waals surface area (Å²) < 4.78 is 12.2. The number of piperidine rings is 1. The molecule has 10 nitrogen and oxygen atoms in total. The molecule has 4 aromatic rings. The Morgan fingerprint density at radius 1 is 0.951 bits per heavy atom. The molecular formula is C30H30IN7O3. The highest BCUT2D eigenvalue weighted by atomic mass is 127. The first kappa shape index (κ1) is 28.3. The van der Waals surface area contributed by atoms with Crippen LogP contribution in [0.15, 0.2) is 77.9 Å². The van der Waals surface area contributed by atoms with E-state index in [2.05, 4.69) is 58.3 Å². The molecule has 11 heteroatoms. The first-order valence-corrected chi connectivity index (χ1v) is 14.5. The van der Waals surface area contributed by atoms with E-state index in [9.17, 15) is 4.79 Å². The van der Waals surface area contributed by atoms with Gasteiger partial charge < -0.3 is 19.7 Å². The molecule has 0 saturated carbocycles. The number of rotatable bonds is 10. The van der Waals surface area contributed by atoms with Gasteiger partial charge in [0.15, 0.2) is 11.5 Å². The minimum atomic E-state index is -0.446. The smallest absolute Gasteiger partial charge is 0.344 e. The molecule has 210 valence electrons. The standard InChI is InChI=1S/C30H30IN7O3/c1-2-40-26-19-21(15-16-25(26)41-27(39)23-13-7-8-14-24(23)31)20-32-37-29-34-28(33-22-11-5-3-6-12-22)35-30(36-29)38-17-9-4-10-18-38/h3,5-8,11-16,19-20H,2,4,9-10,17-18H2,1H3,(H2,33,34,35,36,37). The van der Waals surface area contributed by atoms with Crippen molar-refractivity contribution < 1.29 is 14.3 Å². The Morgan fingerprint density at radius 3 is 2.49 bits per heavy atom. The van der Waals surface area contributed by atoms with Crippen molar-refractivity contribution in [2.24, 2.45) is 5.10 Å². The average molecular weight is 664 g/mol. The second kappa shape index (κ2) is 13.9. The number of hydrazone groups is 1. The highest BCUT2D eigenvalue weighted by molar-refractivity contribution is 14.1. The Morgan fingerprint density at radius 2 is 1.71 bits per heavy atom. The molecule has 0 radical (unpaired) electrons. The maximum Gasteiger partial charge on any atom is 0.344 e. The number of hydrogen-bond acceptors (Lipinski definition) is 10. The molecule has 0 atom stereocenters. The molecule has 1 fully saturated rings. The van der Waals surface area contributed by atoms with Gasteiger partial charge in [-0.15, -0.1) is 0 Å². The Labute approximate surface area is 252 Å². The van der Waals surface area contributed by atoms with Crippen molar-refractivity contribution >= 4 is 58.3 Å². The number of para-hydroxylation sites is 1. The normalized spacial score (nSPS) is 13.2. The number of esters is 1. The molecule has 2 heterocycles. The number of nitrogens with zero attached hydrogens (tertiary/aromatic N) is 5. The lowest BCUT2D eigenvalue weighted by molar-refractivity contribution is 0.0727. The summed E-state index contributed by atoms with van der Waals surface area (Å²) in [5, 5.41) is 7.61. The first-order valence-electron chi connectivity index (χ1n) is 13.4. The van der Waals surface area contributed by atoms with Crippen LogP contribution in [0.5, 0.6) is 11.5 Å². The number of halogens is 1. The van der Waals surface area contributed by atoms with Gasteiger partial charge in [0, 0.05) is 22.3 Å². The predicted molar refractivity (Wildman–Crippen MR) is 169 cm³/mol. The van der Waals surface area contributed by atoms with E-state index in [4.69, 9.17) is 9.47 Å². The zero-order chi connectivity index (χ0) is 28.4. The van der Waals surface area contributed by atoms with Crippen LogP contribution in [0.4, 0.5) is 23.5 Å². The van der Waals surface area contributed by atoms with Gasteiger partial charge in [0.25, 0.3) is 0 Å². The van der Waals surface area contributed by atoms with Gasteiger partial charge in [-0.3, -0.25) is 0 Å². The highest BCUT2D eigenvalue weighted by Gasteiger charge is 2.17. The van der Waals surface area contributed by atoms with Crippen LogP contribution in [-0.2, 0) is 0 Å². The molecule has 41 heavy (non-hydrogen) atoms. The lowest BCUT2D eigenvalue weighted by atomic mass is 10.1. The quantitative estimate of drug-likeness (QED) is 0.0666. The fourth-order valence-corrected chi connectivity index (χ4v) is 4.87. The van der Waals surface area contributed by atoms with Crippen molar-refractivity contribution in [3.8, 4) is 11.5 Å². The Hall–Kier alpha value is -4.26. The van der Waals surface area contributed by atoms with Crippen molar-refractivity contribution in [2.45, 2.75) is 26.2 Å². The largest absolute Gasteiger partial charge is 0.490 e. The van der Waals surface area contributed by atoms with Crippen LogP contribution in [0.25, 0.3) is 0 Å². The summed E-state index contributed by atoms with van der Waals surface area (Å²) in [6, 6.07) is 22.3. The Kier molecular flexibility index (Phi) is 9.57. The van der Waals surface area contributed by atoms with Crippen LogP contribution in [0.3, 0.4) is 0 Å². The van der Waals surface area contributed by atoms with Crippen molar-refractivity contribution in [1.29, 1.82) is 0 Å². The van der Waals surface area contributed by atoms with Crippen molar-refractivity contribution in [3.05, 3.63) is 87.5 Å². The third-order valence-corrected chi connectivity index (χ3v) is 7.18. The van der Waals surface area contributed by atoms with Gasteiger partial charge in [0.1, 0.15) is 0 Å². The molecule has 3 aromatic carbocycles. The van der Waals surface area contributed by atoms with Gasteiger partial charge in [0.2, 0.25) is 17.8 Å². The van der Waals surface area contributed by atoms with Gasteiger partial charge in [0.05, 0.1) is 18.4 Å². The number of ether oxygens (including phenoxy) is 2. The van der Waals surface area contributed by atoms with E-state index < -0.39 is 5.97 Å². The van der Waals surface area contributed by atoms with Crippen LogP contribution in [0.1, 0.15) is 42.1 Å². The van der Waals surface area contributed by atoms with Gasteiger partial charge in [-0.2, -0.15) is 20.1 Å². The zero-order valence-electron chi connectivity index (χ0n) is 22.6. The van der Waals surface area contributed by atoms with E-state index in [0.29, 0.717) is 41.5 Å². The molecule has 0 unspecified atom stereocenters. The molecule has 1 aliphatic rings. The van der Waals surface area contributed by atoms with Gasteiger partial charge in [-0.25, -0.2) is 10.2 Å². The molecule has 0 aliphatic carbocycles. The molecular weight excluding hydrogens is 633 g/mol. The third kappa shape index (κ3) is 7.69. The first-order chi connectivity index (χ1) is 20.1. The number of anilines is 4. The van der Waals surface area contributed by atoms with E-state index >= 15 is 0 Å². The summed E-state index contributed by atoms with van der Waals surface area (Å²) in [7, 11) is 0. The second-order valence-electron chi connectivity index (χ2n) is 9.20. The summed E-state index contributed by atoms with van der Waals surface area (Å²) in [6.07, 6.45) is 5.04. The molecule has 0 bridgehead atoms. The lowest BCUT2D eigenvalue weighted by Gasteiger charge is -2.26. The monoisotopic (exact) mass is 663 g/mol. The molecule has 1 aromatic heterocycles. The summed E-state index contributed by atoms with van der Waals surface area (Å²) in [4.78, 5) is 28.7. The van der Waals surface area contributed by atoms with E-state index in [0.717, 1.165) is 40.8 Å². The molecule has 1 saturated heterocycles. The van der Waals surface area contributed by atoms with Crippen molar-refractivity contribution in [2.75, 3.05) is 35.3 Å². The second-order valence-corrected chi connectivity index (χ2v) is 10.4. The molecule has 2 N–H and O–H groups in total. The summed E-state index contributed by atoms with van der Waals surface area (Å²) in [5.74, 6) is 1.69. The predicted octanol–water partition coefficient (Wildman–Crippen LogP) is 6.27. The molecule has 0 spiro atoms. The van der Waals surface area contributed by atoms with E-state index in [-0.39, 0.29) is 0 Å². The third-order valence-electron chi connectivity index (χ3n) is 6.23. The summed E-state index contributed by atoms with van der Waals surface area (Å²) in [6.45, 7) is 4.08. The Bertz CT molecular complexity index is 1510. The fourth-order valence-electron chi connectivity index (χ4n) is 4.26. The molecule has 1 aliphatic heterocycles. The summed E-state index contributed by atoms with van der Waals surface area (Å²) >= 11 is 2.11. The van der Waals surface area contributed by atoms with Crippen molar-refractivity contribution in [3.63, 3.8) is 0 Å². The Balaban J connectivity index is 1.33. The minimum Gasteiger partial charge on any atom is -0.490 e. The highest BCUT2D eigenvalue weighted by Crippen LogP contribution is 2.29. The van der Waals surface area contributed by atoms with Crippen LogP contribution < -0.4 is 25.1 Å². The fraction of sp³-hybridized carbons (Fsp3) is 0.233. The minimum absolute atomic E-state index is 0.323. The van der Waals surface area contributed by atoms with E-state index in [1.54, 1.807) is 36.5 Å². The van der Waals surface area contributed by atoms with Gasteiger partial charge in [-0.1, -0.05) is 30.3 Å². The number of nitrogens with one attached hydrogen (secondary N) is 2. The SMILES string of the molecule is CCOc1cc(C=NNc2nc(Nc3ccccc3)nc(N3CCCCC3)n2)ccc1OC(=O)c1ccccc1I. The van der Waals surface area contributed by atoms with E-state index in [1.165, 1.54) is 6.42 Å². The van der Waals surface area contributed by atoms with Crippen LogP contribution in [-0.4, -0.2) is 46.8 Å². The number of hydrogen-bond donors (Lipinski definition) is 2. The van der Waals surface area contributed by atoms with E-state index in [1.807, 2.05) is 49.4 Å². The zero-order valence-corrected chi connectivity index (χ0v) is 24.7. The number of benzene rings is 3. The topological polar surface area (TPSA) is 114 Å². The van der Waals surface area contributed by atoms with Crippen LogP contribution in [0.2, 0.25) is 0 Å².